The Hall–Kier alpha value is -2.13. The minimum Gasteiger partial charge on any atom is -0.444 e. The monoisotopic (exact) mass is 441 g/mol. The summed E-state index contributed by atoms with van der Waals surface area (Å²) >= 11 is 0. The molecule has 4 N–H and O–H groups in total. The average Bonchev–Trinajstić information content (AvgIpc) is 2.57. The molecular formula is C22H43N5O4. The highest BCUT2D eigenvalue weighted by Gasteiger charge is 2.27. The molecule has 0 aliphatic heterocycles. The number of hydrogen-bond donors (Lipinski definition) is 3. The van der Waals surface area contributed by atoms with Crippen LogP contribution in [0.15, 0.2) is 16.6 Å². The van der Waals surface area contributed by atoms with E-state index in [1.165, 1.54) is 4.90 Å². The molecule has 0 rings (SSSR count). The molecule has 0 saturated heterocycles. The molecule has 0 bridgehead atoms. The zero-order valence-electron chi connectivity index (χ0n) is 20.6. The molecule has 0 fully saturated rings. The highest BCUT2D eigenvalue weighted by atomic mass is 16.6. The van der Waals surface area contributed by atoms with E-state index >= 15 is 0 Å². The number of hydrogen-bond acceptors (Lipinski definition) is 7. The summed E-state index contributed by atoms with van der Waals surface area (Å²) in [6.07, 6.45) is 2.22. The molecule has 0 saturated carbocycles. The maximum Gasteiger partial charge on any atom is 0.417 e. The van der Waals surface area contributed by atoms with Crippen molar-refractivity contribution in [2.45, 2.75) is 79.4 Å². The van der Waals surface area contributed by atoms with Gasteiger partial charge in [0.15, 0.2) is 0 Å². The second-order valence-electron chi connectivity index (χ2n) is 9.45. The van der Waals surface area contributed by atoms with E-state index in [1.807, 2.05) is 19.9 Å². The number of amides is 2. The number of allylic oxidation sites excluding steroid dienone is 1. The van der Waals surface area contributed by atoms with Crippen LogP contribution in [0, 0.1) is 0 Å². The Morgan fingerprint density at radius 1 is 1.00 bits per heavy atom. The van der Waals surface area contributed by atoms with Crippen molar-refractivity contribution < 1.29 is 19.1 Å². The lowest BCUT2D eigenvalue weighted by Gasteiger charge is -2.28. The minimum absolute atomic E-state index is 0.1000. The topological polar surface area (TPSA) is 118 Å². The van der Waals surface area contributed by atoms with Gasteiger partial charge in [0.1, 0.15) is 11.2 Å². The summed E-state index contributed by atoms with van der Waals surface area (Å²) in [5, 5.41) is 5.90. The molecule has 0 aromatic carbocycles. The van der Waals surface area contributed by atoms with Crippen LogP contribution in [0.3, 0.4) is 0 Å². The number of rotatable bonds is 9. The second kappa shape index (κ2) is 14.0. The third-order valence-corrected chi connectivity index (χ3v) is 3.50. The second-order valence-corrected chi connectivity index (χ2v) is 9.45. The van der Waals surface area contributed by atoms with E-state index in [0.29, 0.717) is 13.1 Å². The first-order valence-electron chi connectivity index (χ1n) is 10.8. The summed E-state index contributed by atoms with van der Waals surface area (Å²) < 4.78 is 10.9. The Kier molecular flexibility index (Phi) is 13.1. The Morgan fingerprint density at radius 3 is 2.10 bits per heavy atom. The molecule has 0 aromatic heterocycles. The predicted molar refractivity (Wildman–Crippen MR) is 125 cm³/mol. The van der Waals surface area contributed by atoms with Gasteiger partial charge in [-0.05, 0) is 87.9 Å². The van der Waals surface area contributed by atoms with Gasteiger partial charge in [0, 0.05) is 6.54 Å². The van der Waals surface area contributed by atoms with Crippen molar-refractivity contribution in [1.82, 2.24) is 15.5 Å². The van der Waals surface area contributed by atoms with Gasteiger partial charge in [0.2, 0.25) is 5.96 Å². The molecule has 0 aliphatic rings. The van der Waals surface area contributed by atoms with Gasteiger partial charge in [-0.15, -0.1) is 0 Å². The fraction of sp³-hybridized carbons (Fsp3) is 0.773. The molecule has 9 nitrogen and oxygen atoms in total. The Labute approximate surface area is 187 Å². The van der Waals surface area contributed by atoms with Crippen LogP contribution < -0.4 is 16.4 Å². The highest BCUT2D eigenvalue weighted by molar-refractivity contribution is 6.01. The number of nitrogens with two attached hydrogens (primary N) is 1. The van der Waals surface area contributed by atoms with Crippen LogP contribution in [0.2, 0.25) is 0 Å². The SMILES string of the molecule is CC(C)=CCN(C(=O)OC(C)(C)C)C(=NCCCNCCCN)NC(=O)OC(C)(C)C. The smallest absolute Gasteiger partial charge is 0.417 e. The van der Waals surface area contributed by atoms with Gasteiger partial charge in [-0.1, -0.05) is 11.6 Å². The molecule has 0 aliphatic carbocycles. The summed E-state index contributed by atoms with van der Waals surface area (Å²) in [5.41, 5.74) is 5.14. The molecule has 0 aromatic rings. The zero-order chi connectivity index (χ0) is 24.1. The van der Waals surface area contributed by atoms with Gasteiger partial charge in [-0.3, -0.25) is 10.3 Å². The molecule has 2 amide bonds. The zero-order valence-corrected chi connectivity index (χ0v) is 20.6. The fourth-order valence-corrected chi connectivity index (χ4v) is 2.17. The number of nitrogens with zero attached hydrogens (tertiary/aromatic N) is 2. The number of alkyl carbamates (subject to hydrolysis) is 1. The van der Waals surface area contributed by atoms with E-state index < -0.39 is 23.4 Å². The number of guanidine groups is 1. The molecule has 9 heteroatoms. The van der Waals surface area contributed by atoms with Crippen LogP contribution in [0.5, 0.6) is 0 Å². The van der Waals surface area contributed by atoms with Crippen molar-refractivity contribution in [3.05, 3.63) is 11.6 Å². The summed E-state index contributed by atoms with van der Waals surface area (Å²) in [4.78, 5) is 31.0. The number of nitrogens with one attached hydrogen (secondary N) is 2. The largest absolute Gasteiger partial charge is 0.444 e. The van der Waals surface area contributed by atoms with E-state index in [-0.39, 0.29) is 12.5 Å². The van der Waals surface area contributed by atoms with Crippen molar-refractivity contribution in [2.75, 3.05) is 32.7 Å². The number of carbonyl (C=O) groups excluding carboxylic acids is 2. The van der Waals surface area contributed by atoms with E-state index in [4.69, 9.17) is 15.2 Å². The van der Waals surface area contributed by atoms with E-state index in [9.17, 15) is 9.59 Å². The lowest BCUT2D eigenvalue weighted by molar-refractivity contribution is 0.0372. The van der Waals surface area contributed by atoms with Crippen molar-refractivity contribution in [3.63, 3.8) is 0 Å². The number of aliphatic imine (C=N–C) groups is 1. The van der Waals surface area contributed by atoms with Crippen LogP contribution in [-0.4, -0.2) is 67.0 Å². The third-order valence-electron chi connectivity index (χ3n) is 3.50. The maximum atomic E-state index is 12.9. The van der Waals surface area contributed by atoms with E-state index in [1.54, 1.807) is 41.5 Å². The van der Waals surface area contributed by atoms with Gasteiger partial charge in [-0.25, -0.2) is 14.5 Å². The first kappa shape index (κ1) is 28.9. The summed E-state index contributed by atoms with van der Waals surface area (Å²) in [7, 11) is 0. The Morgan fingerprint density at radius 2 is 1.58 bits per heavy atom. The first-order valence-corrected chi connectivity index (χ1v) is 10.8. The summed E-state index contributed by atoms with van der Waals surface area (Å²) in [5.74, 6) is 0.1000. The van der Waals surface area contributed by atoms with E-state index in [0.717, 1.165) is 31.5 Å². The third kappa shape index (κ3) is 16.3. The Balaban J connectivity index is 5.53. The molecule has 180 valence electrons. The molecule has 0 atom stereocenters. The molecule has 0 spiro atoms. The highest BCUT2D eigenvalue weighted by Crippen LogP contribution is 2.12. The first-order chi connectivity index (χ1) is 14.2. The van der Waals surface area contributed by atoms with Crippen molar-refractivity contribution in [2.24, 2.45) is 10.7 Å². The van der Waals surface area contributed by atoms with Crippen LogP contribution in [0.4, 0.5) is 9.59 Å². The fourth-order valence-electron chi connectivity index (χ4n) is 2.17. The lowest BCUT2D eigenvalue weighted by atomic mass is 10.2. The number of ether oxygens (including phenoxy) is 2. The maximum absolute atomic E-state index is 12.9. The summed E-state index contributed by atoms with van der Waals surface area (Å²) in [6, 6.07) is 0. The quantitative estimate of drug-likeness (QED) is 0.218. The average molecular weight is 442 g/mol. The molecular weight excluding hydrogens is 398 g/mol. The molecule has 31 heavy (non-hydrogen) atoms. The summed E-state index contributed by atoms with van der Waals surface area (Å²) in [6.45, 7) is 17.4. The van der Waals surface area contributed by atoms with Gasteiger partial charge in [0.05, 0.1) is 6.54 Å². The predicted octanol–water partition coefficient (Wildman–Crippen LogP) is 3.40. The van der Waals surface area contributed by atoms with Crippen LogP contribution >= 0.6 is 0 Å². The van der Waals surface area contributed by atoms with Gasteiger partial charge in [0.25, 0.3) is 0 Å². The van der Waals surface area contributed by atoms with Gasteiger partial charge < -0.3 is 20.5 Å². The molecule has 0 heterocycles. The van der Waals surface area contributed by atoms with Crippen molar-refractivity contribution >= 4 is 18.1 Å². The van der Waals surface area contributed by atoms with Crippen LogP contribution in [0.25, 0.3) is 0 Å². The van der Waals surface area contributed by atoms with Gasteiger partial charge in [-0.2, -0.15) is 0 Å². The molecule has 0 unspecified atom stereocenters. The lowest BCUT2D eigenvalue weighted by Crippen LogP contribution is -2.50. The normalized spacial score (nSPS) is 12.2. The van der Waals surface area contributed by atoms with E-state index in [2.05, 4.69) is 15.6 Å². The minimum atomic E-state index is -0.690. The number of carbonyl (C=O) groups is 2. The molecule has 0 radical (unpaired) electrons. The standard InChI is InChI=1S/C22H43N5O4/c1-17(2)11-16-27(20(29)31-22(6,7)8)18(26-19(28)30-21(3,4)5)25-15-10-14-24-13-9-12-23/h11,24H,9-10,12-16,23H2,1-8H3,(H,25,26,28). The van der Waals surface area contributed by atoms with Crippen molar-refractivity contribution in [3.8, 4) is 0 Å². The van der Waals surface area contributed by atoms with Crippen LogP contribution in [-0.2, 0) is 9.47 Å². The Bertz CT molecular complexity index is 614. The van der Waals surface area contributed by atoms with Crippen LogP contribution in [0.1, 0.15) is 68.2 Å². The van der Waals surface area contributed by atoms with Gasteiger partial charge >= 0.3 is 12.2 Å². The van der Waals surface area contributed by atoms with Crippen molar-refractivity contribution in [1.29, 1.82) is 0 Å².